The molecule has 13 rings (SSSR count). The fourth-order valence-electron chi connectivity index (χ4n) is 9.92. The van der Waals surface area contributed by atoms with E-state index in [-0.39, 0.29) is 0 Å². The minimum atomic E-state index is 0.839. The van der Waals surface area contributed by atoms with Crippen LogP contribution in [-0.2, 0) is 0 Å². The Balaban J connectivity index is 1.00. The molecule has 2 aliphatic heterocycles. The Morgan fingerprint density at radius 2 is 0.797 bits per heavy atom. The van der Waals surface area contributed by atoms with Crippen LogP contribution in [0.25, 0.3) is 83.1 Å². The lowest BCUT2D eigenvalue weighted by Crippen LogP contribution is -2.10. The summed E-state index contributed by atoms with van der Waals surface area (Å²) in [6.07, 6.45) is 0. The van der Waals surface area contributed by atoms with Crippen LogP contribution in [0.4, 0.5) is 17.1 Å². The molecule has 0 aliphatic carbocycles. The van der Waals surface area contributed by atoms with Gasteiger partial charge in [-0.3, -0.25) is 0 Å². The summed E-state index contributed by atoms with van der Waals surface area (Å²) < 4.78 is 15.9. The van der Waals surface area contributed by atoms with Crippen molar-refractivity contribution in [2.24, 2.45) is 0 Å². The number of hydrogen-bond donors (Lipinski definition) is 0. The van der Waals surface area contributed by atoms with Crippen molar-refractivity contribution in [3.8, 4) is 84.3 Å². The van der Waals surface area contributed by atoms with Crippen LogP contribution in [0.5, 0.6) is 23.0 Å². The molecule has 3 heterocycles. The van der Waals surface area contributed by atoms with Crippen molar-refractivity contribution in [2.75, 3.05) is 4.90 Å². The molecular formula is C60H38N2O2. The third kappa shape index (κ3) is 5.70. The molecule has 4 heteroatoms. The summed E-state index contributed by atoms with van der Waals surface area (Å²) in [5, 5.41) is 2.39. The van der Waals surface area contributed by atoms with Crippen molar-refractivity contribution in [3.05, 3.63) is 231 Å². The Labute approximate surface area is 371 Å². The van der Waals surface area contributed by atoms with E-state index >= 15 is 0 Å². The molecule has 0 saturated carbocycles. The van der Waals surface area contributed by atoms with Crippen molar-refractivity contribution >= 4 is 38.9 Å². The number of rotatable bonds is 5. The van der Waals surface area contributed by atoms with Gasteiger partial charge in [-0.2, -0.15) is 0 Å². The highest BCUT2D eigenvalue weighted by Crippen LogP contribution is 2.52. The van der Waals surface area contributed by atoms with Gasteiger partial charge >= 0.3 is 0 Å². The minimum absolute atomic E-state index is 0.839. The zero-order valence-corrected chi connectivity index (χ0v) is 34.7. The molecule has 0 unspecified atom stereocenters. The van der Waals surface area contributed by atoms with Gasteiger partial charge in [0, 0.05) is 61.3 Å². The Morgan fingerprint density at radius 3 is 1.53 bits per heavy atom. The molecule has 4 nitrogen and oxygen atoms in total. The van der Waals surface area contributed by atoms with Gasteiger partial charge in [-0.1, -0.05) is 152 Å². The van der Waals surface area contributed by atoms with Crippen LogP contribution in [0.15, 0.2) is 231 Å². The molecule has 10 aromatic carbocycles. The number of hydrogen-bond acceptors (Lipinski definition) is 3. The van der Waals surface area contributed by atoms with Crippen molar-refractivity contribution in [1.29, 1.82) is 0 Å². The van der Waals surface area contributed by atoms with Crippen molar-refractivity contribution in [2.45, 2.75) is 0 Å². The fourth-order valence-corrected chi connectivity index (χ4v) is 9.92. The predicted molar refractivity (Wildman–Crippen MR) is 263 cm³/mol. The van der Waals surface area contributed by atoms with Crippen molar-refractivity contribution < 1.29 is 9.47 Å². The van der Waals surface area contributed by atoms with Crippen LogP contribution < -0.4 is 14.4 Å². The first kappa shape index (κ1) is 36.1. The largest absolute Gasteiger partial charge is 0.456 e. The first-order chi connectivity index (χ1) is 31.7. The average Bonchev–Trinajstić information content (AvgIpc) is 3.51. The average molecular weight is 819 g/mol. The Bertz CT molecular complexity index is 3620. The maximum absolute atomic E-state index is 6.89. The summed E-state index contributed by atoms with van der Waals surface area (Å²) in [6.45, 7) is 0. The van der Waals surface area contributed by atoms with Gasteiger partial charge in [-0.15, -0.1) is 0 Å². The van der Waals surface area contributed by atoms with E-state index < -0.39 is 0 Å². The second-order valence-corrected chi connectivity index (χ2v) is 16.4. The summed E-state index contributed by atoms with van der Waals surface area (Å²) in [5.74, 6) is 3.40. The highest BCUT2D eigenvalue weighted by molar-refractivity contribution is 6.11. The molecule has 0 saturated heterocycles. The summed E-state index contributed by atoms with van der Waals surface area (Å²) in [6, 6.07) is 82.1. The van der Waals surface area contributed by atoms with Crippen molar-refractivity contribution in [3.63, 3.8) is 0 Å². The van der Waals surface area contributed by atoms with Gasteiger partial charge in [0.1, 0.15) is 23.0 Å². The molecule has 2 aliphatic rings. The molecule has 0 atom stereocenters. The molecule has 0 spiro atoms. The highest BCUT2D eigenvalue weighted by atomic mass is 16.5. The van der Waals surface area contributed by atoms with Crippen LogP contribution >= 0.6 is 0 Å². The minimum Gasteiger partial charge on any atom is -0.456 e. The number of para-hydroxylation sites is 6. The molecule has 1 aromatic heterocycles. The number of benzene rings is 10. The summed E-state index contributed by atoms with van der Waals surface area (Å²) in [4.78, 5) is 2.38. The molecule has 11 aromatic rings. The first-order valence-corrected chi connectivity index (χ1v) is 21.7. The molecule has 0 bridgehead atoms. The molecule has 64 heavy (non-hydrogen) atoms. The van der Waals surface area contributed by atoms with E-state index in [0.717, 1.165) is 101 Å². The third-order valence-electron chi connectivity index (χ3n) is 12.8. The maximum atomic E-state index is 6.89. The summed E-state index contributed by atoms with van der Waals surface area (Å²) >= 11 is 0. The fraction of sp³-hybridized carbons (Fsp3) is 0. The summed E-state index contributed by atoms with van der Waals surface area (Å²) in [5.41, 5.74) is 17.6. The monoisotopic (exact) mass is 818 g/mol. The van der Waals surface area contributed by atoms with Crippen molar-refractivity contribution in [1.82, 2.24) is 4.57 Å². The van der Waals surface area contributed by atoms with E-state index in [1.165, 1.54) is 21.9 Å². The van der Waals surface area contributed by atoms with E-state index in [1.54, 1.807) is 0 Å². The predicted octanol–water partition coefficient (Wildman–Crippen LogP) is 16.8. The number of aromatic nitrogens is 1. The van der Waals surface area contributed by atoms with Crippen LogP contribution in [0.1, 0.15) is 0 Å². The quantitative estimate of drug-likeness (QED) is 0.173. The van der Waals surface area contributed by atoms with E-state index in [9.17, 15) is 0 Å². The van der Waals surface area contributed by atoms with Crippen LogP contribution in [-0.4, -0.2) is 4.57 Å². The second kappa shape index (κ2) is 14.5. The summed E-state index contributed by atoms with van der Waals surface area (Å²) in [7, 11) is 0. The van der Waals surface area contributed by atoms with Gasteiger partial charge in [0.15, 0.2) is 0 Å². The van der Waals surface area contributed by atoms with Gasteiger partial charge in [-0.25, -0.2) is 0 Å². The second-order valence-electron chi connectivity index (χ2n) is 16.4. The molecule has 0 fully saturated rings. The maximum Gasteiger partial charge on any atom is 0.143 e. The molecular weight excluding hydrogens is 781 g/mol. The van der Waals surface area contributed by atoms with E-state index in [1.807, 2.05) is 18.2 Å². The first-order valence-electron chi connectivity index (χ1n) is 21.7. The molecule has 0 N–H and O–H groups in total. The molecule has 300 valence electrons. The molecule has 0 radical (unpaired) electrons. The topological polar surface area (TPSA) is 26.6 Å². The number of anilines is 3. The Morgan fingerprint density at radius 1 is 0.297 bits per heavy atom. The van der Waals surface area contributed by atoms with Gasteiger partial charge in [0.05, 0.1) is 11.0 Å². The van der Waals surface area contributed by atoms with Crippen LogP contribution in [0.2, 0.25) is 0 Å². The van der Waals surface area contributed by atoms with Gasteiger partial charge < -0.3 is 18.9 Å². The molecule has 0 amide bonds. The normalized spacial score (nSPS) is 12.0. The smallest absolute Gasteiger partial charge is 0.143 e. The number of ether oxygens (including phenoxy) is 2. The Kier molecular flexibility index (Phi) is 8.18. The van der Waals surface area contributed by atoms with Crippen LogP contribution in [0.3, 0.4) is 0 Å². The third-order valence-corrected chi connectivity index (χ3v) is 12.8. The zero-order valence-electron chi connectivity index (χ0n) is 34.7. The van der Waals surface area contributed by atoms with Gasteiger partial charge in [-0.05, 0) is 107 Å². The lowest BCUT2D eigenvalue weighted by atomic mass is 9.92. The highest BCUT2D eigenvalue weighted by Gasteiger charge is 2.26. The lowest BCUT2D eigenvalue weighted by molar-refractivity contribution is 0.487. The number of fused-ring (bicyclic) bond motifs is 13. The van der Waals surface area contributed by atoms with Gasteiger partial charge in [0.2, 0.25) is 0 Å². The van der Waals surface area contributed by atoms with Crippen LogP contribution in [0, 0.1) is 0 Å². The Hall–Kier alpha value is -8.60. The zero-order chi connectivity index (χ0) is 42.1. The lowest BCUT2D eigenvalue weighted by Gasteiger charge is -2.27. The van der Waals surface area contributed by atoms with Gasteiger partial charge in [0.25, 0.3) is 0 Å². The van der Waals surface area contributed by atoms with E-state index in [0.29, 0.717) is 0 Å². The standard InChI is InChI=1S/C60H38N2O2/c1-2-15-40(16-3-1)62-55-25-10-6-19-48(55)54-38-43(34-36-56(54)62)61(42-33-35-47-50-21-7-11-26-57(50)63-58-27-12-9-22-51(58)53(47)37-42)41-31-29-39(30-32-41)44-23-14-24-52-46-18-5-4-17-45(46)49-20-8-13-28-59(49)64-60(44)52/h1-38H. The van der Waals surface area contributed by atoms with E-state index in [4.69, 9.17) is 9.47 Å². The SMILES string of the molecule is c1ccc(-n2c3ccccc3c3cc(N(c4ccc(-c5cccc6c5Oc5ccccc5-c5ccccc5-6)cc4)c4ccc5c(c4)-c4ccccc4Oc4ccccc4-5)ccc32)cc1. The number of nitrogens with zero attached hydrogens (tertiary/aromatic N) is 2. The van der Waals surface area contributed by atoms with E-state index in [2.05, 4.69) is 222 Å².